The van der Waals surface area contributed by atoms with Crippen LogP contribution in [0.15, 0.2) is 41.3 Å². The molecule has 1 heterocycles. The SMILES string of the molecule is CC(C)(C)C(Oc1ccc(Cl)cc1C#Cc1ccc2c(c1)S(O)(O)C(C)(C)C2(C)O)C(=O)O. The summed E-state index contributed by atoms with van der Waals surface area (Å²) in [5.74, 6) is 5.12. The molecule has 33 heavy (non-hydrogen) atoms. The molecule has 3 rings (SSSR count). The number of rotatable bonds is 3. The molecule has 4 N–H and O–H groups in total. The first-order chi connectivity index (χ1) is 15.0. The van der Waals surface area contributed by atoms with Crippen molar-refractivity contribution in [1.29, 1.82) is 0 Å². The van der Waals surface area contributed by atoms with Crippen LogP contribution in [-0.4, -0.2) is 36.1 Å². The van der Waals surface area contributed by atoms with Crippen LogP contribution < -0.4 is 4.74 Å². The molecule has 2 aromatic carbocycles. The van der Waals surface area contributed by atoms with Crippen molar-refractivity contribution in [1.82, 2.24) is 0 Å². The van der Waals surface area contributed by atoms with Crippen molar-refractivity contribution >= 4 is 28.2 Å². The van der Waals surface area contributed by atoms with E-state index < -0.39 is 38.4 Å². The van der Waals surface area contributed by atoms with Gasteiger partial charge in [0.25, 0.3) is 0 Å². The Bertz CT molecular complexity index is 1170. The molecule has 0 fully saturated rings. The van der Waals surface area contributed by atoms with Gasteiger partial charge < -0.3 is 14.9 Å². The maximum atomic E-state index is 11.7. The van der Waals surface area contributed by atoms with Gasteiger partial charge in [-0.05, 0) is 51.1 Å². The van der Waals surface area contributed by atoms with Gasteiger partial charge in [-0.1, -0.05) is 50.3 Å². The van der Waals surface area contributed by atoms with Gasteiger partial charge >= 0.3 is 5.97 Å². The van der Waals surface area contributed by atoms with E-state index in [1.165, 1.54) is 0 Å². The highest BCUT2D eigenvalue weighted by molar-refractivity contribution is 8.25. The number of hydrogen-bond donors (Lipinski definition) is 4. The third-order valence-corrected chi connectivity index (χ3v) is 9.24. The molecular formula is C25H29ClO6S. The van der Waals surface area contributed by atoms with Gasteiger partial charge in [0, 0.05) is 21.6 Å². The Labute approximate surface area is 200 Å². The number of aliphatic carboxylic acids is 1. The lowest BCUT2D eigenvalue weighted by Gasteiger charge is -2.46. The van der Waals surface area contributed by atoms with Gasteiger partial charge in [-0.15, -0.1) is 0 Å². The summed E-state index contributed by atoms with van der Waals surface area (Å²) in [6.45, 7) is 10.1. The van der Waals surface area contributed by atoms with Crippen LogP contribution in [0.25, 0.3) is 0 Å². The van der Waals surface area contributed by atoms with Crippen molar-refractivity contribution in [3.63, 3.8) is 0 Å². The summed E-state index contributed by atoms with van der Waals surface area (Å²) in [6, 6.07) is 9.67. The van der Waals surface area contributed by atoms with Crippen molar-refractivity contribution in [2.24, 2.45) is 5.41 Å². The topological polar surface area (TPSA) is 107 Å². The molecule has 0 bridgehead atoms. The summed E-state index contributed by atoms with van der Waals surface area (Å²) in [5.41, 5.74) is -0.718. The lowest BCUT2D eigenvalue weighted by atomic mass is 9.85. The van der Waals surface area contributed by atoms with E-state index in [0.29, 0.717) is 21.7 Å². The fourth-order valence-corrected chi connectivity index (χ4v) is 5.93. The Kier molecular flexibility index (Phi) is 6.33. The summed E-state index contributed by atoms with van der Waals surface area (Å²) < 4.78 is 26.4. The Balaban J connectivity index is 2.03. The van der Waals surface area contributed by atoms with Crippen molar-refractivity contribution in [2.75, 3.05) is 0 Å². The zero-order valence-corrected chi connectivity index (χ0v) is 21.0. The van der Waals surface area contributed by atoms with E-state index in [1.807, 2.05) is 0 Å². The molecule has 0 aromatic heterocycles. The summed E-state index contributed by atoms with van der Waals surface area (Å²) in [7, 11) is -3.28. The number of hydrogen-bond acceptors (Lipinski definition) is 5. The molecule has 0 amide bonds. The molecule has 2 atom stereocenters. The predicted molar refractivity (Wildman–Crippen MR) is 130 cm³/mol. The molecule has 2 unspecified atom stereocenters. The normalized spacial score (nSPS) is 22.5. The maximum absolute atomic E-state index is 11.7. The smallest absolute Gasteiger partial charge is 0.345 e. The van der Waals surface area contributed by atoms with Crippen LogP contribution in [0.2, 0.25) is 5.02 Å². The molecule has 6 nitrogen and oxygen atoms in total. The molecule has 8 heteroatoms. The van der Waals surface area contributed by atoms with Gasteiger partial charge in [-0.3, -0.25) is 9.11 Å². The molecule has 0 saturated heterocycles. The summed E-state index contributed by atoms with van der Waals surface area (Å²) in [5, 5.41) is 21.0. The Morgan fingerprint density at radius 3 is 2.30 bits per heavy atom. The lowest BCUT2D eigenvalue weighted by Crippen LogP contribution is -2.43. The van der Waals surface area contributed by atoms with Crippen molar-refractivity contribution in [3.8, 4) is 17.6 Å². The minimum absolute atomic E-state index is 0.269. The lowest BCUT2D eigenvalue weighted by molar-refractivity contribution is -0.150. The molecule has 1 aliphatic heterocycles. The molecule has 0 saturated carbocycles. The van der Waals surface area contributed by atoms with Crippen LogP contribution in [-0.2, 0) is 10.4 Å². The average molecular weight is 493 g/mol. The van der Waals surface area contributed by atoms with E-state index in [2.05, 4.69) is 11.8 Å². The van der Waals surface area contributed by atoms with E-state index in [4.69, 9.17) is 16.3 Å². The molecule has 0 aliphatic carbocycles. The van der Waals surface area contributed by atoms with Crippen molar-refractivity contribution < 1.29 is 28.8 Å². The number of carbonyl (C=O) groups is 1. The summed E-state index contributed by atoms with van der Waals surface area (Å²) in [4.78, 5) is 12.0. The Morgan fingerprint density at radius 1 is 1.09 bits per heavy atom. The first-order valence-corrected chi connectivity index (χ1v) is 12.3. The van der Waals surface area contributed by atoms with E-state index in [9.17, 15) is 24.1 Å². The number of fused-ring (bicyclic) bond motifs is 1. The number of benzene rings is 2. The predicted octanol–water partition coefficient (Wildman–Crippen LogP) is 5.73. The second-order valence-corrected chi connectivity index (χ2v) is 12.9. The van der Waals surface area contributed by atoms with Gasteiger partial charge in [-0.25, -0.2) is 4.79 Å². The zero-order chi connectivity index (χ0) is 25.0. The highest BCUT2D eigenvalue weighted by Crippen LogP contribution is 2.71. The Hall–Kier alpha value is -2.21. The van der Waals surface area contributed by atoms with Gasteiger partial charge in [0.15, 0.2) is 6.10 Å². The van der Waals surface area contributed by atoms with Crippen LogP contribution >= 0.6 is 22.2 Å². The van der Waals surface area contributed by atoms with Crippen LogP contribution in [0, 0.1) is 17.3 Å². The molecule has 0 spiro atoms. The summed E-state index contributed by atoms with van der Waals surface area (Å²) in [6.07, 6.45) is -1.10. The number of halogens is 1. The van der Waals surface area contributed by atoms with Gasteiger partial charge in [0.05, 0.1) is 15.2 Å². The van der Waals surface area contributed by atoms with Gasteiger partial charge in [0.1, 0.15) is 11.4 Å². The highest BCUT2D eigenvalue weighted by Gasteiger charge is 2.58. The number of carboxylic acids is 1. The minimum Gasteiger partial charge on any atom is -0.478 e. The summed E-state index contributed by atoms with van der Waals surface area (Å²) >= 11 is 6.13. The fraction of sp³-hybridized carbons (Fsp3) is 0.400. The highest BCUT2D eigenvalue weighted by atomic mass is 35.5. The standard InChI is InChI=1S/C25H29ClO6S/c1-23(2,3)21(22(27)28)32-19-12-10-17(26)14-16(19)9-7-15-8-11-18-20(13-15)33(30,31)24(4,5)25(18,6)29/h8,10-14,21,29-31H,1-6H3,(H,27,28). The largest absolute Gasteiger partial charge is 0.478 e. The molecule has 178 valence electrons. The molecule has 1 aliphatic rings. The van der Waals surface area contributed by atoms with Crippen molar-refractivity contribution in [2.45, 2.75) is 62.9 Å². The third-order valence-electron chi connectivity index (χ3n) is 6.24. The second-order valence-electron chi connectivity index (χ2n) is 9.93. The molecular weight excluding hydrogens is 464 g/mol. The van der Waals surface area contributed by atoms with Crippen LogP contribution in [0.3, 0.4) is 0 Å². The number of carboxylic acid groups (broad SMARTS) is 1. The first kappa shape index (κ1) is 25.4. The van der Waals surface area contributed by atoms with Crippen LogP contribution in [0.5, 0.6) is 5.75 Å². The molecule has 0 radical (unpaired) electrons. The zero-order valence-electron chi connectivity index (χ0n) is 19.4. The first-order valence-electron chi connectivity index (χ1n) is 10.4. The van der Waals surface area contributed by atoms with Crippen LogP contribution in [0.4, 0.5) is 0 Å². The van der Waals surface area contributed by atoms with E-state index in [1.54, 1.807) is 77.9 Å². The van der Waals surface area contributed by atoms with Gasteiger partial charge in [0.2, 0.25) is 0 Å². The monoisotopic (exact) mass is 492 g/mol. The minimum atomic E-state index is -3.28. The van der Waals surface area contributed by atoms with Crippen LogP contribution in [0.1, 0.15) is 58.2 Å². The number of ether oxygens (including phenoxy) is 1. The van der Waals surface area contributed by atoms with Gasteiger partial charge in [-0.2, -0.15) is 10.6 Å². The third kappa shape index (κ3) is 4.34. The van der Waals surface area contributed by atoms with E-state index in [-0.39, 0.29) is 10.6 Å². The number of aliphatic hydroxyl groups is 1. The van der Waals surface area contributed by atoms with Crippen molar-refractivity contribution in [3.05, 3.63) is 58.1 Å². The second kappa shape index (κ2) is 8.23. The van der Waals surface area contributed by atoms with E-state index in [0.717, 1.165) is 0 Å². The quantitative estimate of drug-likeness (QED) is 0.408. The Morgan fingerprint density at radius 2 is 1.73 bits per heavy atom. The average Bonchev–Trinajstić information content (AvgIpc) is 2.79. The fourth-order valence-electron chi connectivity index (χ4n) is 3.68. The van der Waals surface area contributed by atoms with E-state index >= 15 is 0 Å². The maximum Gasteiger partial charge on any atom is 0.345 e. The molecule has 2 aromatic rings.